The predicted octanol–water partition coefficient (Wildman–Crippen LogP) is 4.43. The maximum atomic E-state index is 13.0. The molecule has 17 nitrogen and oxygen atoms in total. The number of amides is 1. The zero-order valence-corrected chi connectivity index (χ0v) is 34.1. The lowest BCUT2D eigenvalue weighted by Crippen LogP contribution is -2.35. The summed E-state index contributed by atoms with van der Waals surface area (Å²) in [5.74, 6) is -2.32. The van der Waals surface area contributed by atoms with Gasteiger partial charge >= 0.3 is 24.0 Å². The third-order valence-corrected chi connectivity index (χ3v) is 11.0. The topological polar surface area (TPSA) is 246 Å². The van der Waals surface area contributed by atoms with Crippen molar-refractivity contribution in [3.05, 3.63) is 101 Å². The first-order chi connectivity index (χ1) is 29.6. The minimum Gasteiger partial charge on any atom is -0.479 e. The third kappa shape index (κ3) is 13.5. The van der Waals surface area contributed by atoms with Gasteiger partial charge in [-0.15, -0.1) is 0 Å². The molecule has 4 aliphatic rings. The molecule has 1 amide bonds. The van der Waals surface area contributed by atoms with Gasteiger partial charge in [0.05, 0.1) is 22.8 Å². The summed E-state index contributed by atoms with van der Waals surface area (Å²) in [6, 6.07) is 2.32. The zero-order chi connectivity index (χ0) is 43.0. The number of esters is 2. The summed E-state index contributed by atoms with van der Waals surface area (Å²) < 4.78 is 16.5. The van der Waals surface area contributed by atoms with Crippen molar-refractivity contribution in [3.63, 3.8) is 0 Å². The number of nitrogens with zero attached hydrogens (tertiary/aromatic N) is 6. The number of aryl methyl sites for hydroxylation is 2. The average molecular weight is 840 g/mol. The number of carbonyl (C=O) groups is 4. The van der Waals surface area contributed by atoms with E-state index in [0.29, 0.717) is 17.1 Å². The maximum Gasteiger partial charge on any atom is 0.412 e. The number of aliphatic hydroxyl groups excluding tert-OH is 2. The molecule has 0 spiro atoms. The van der Waals surface area contributed by atoms with E-state index in [9.17, 15) is 24.3 Å². The molecule has 0 radical (unpaired) electrons. The molecule has 0 aliphatic heterocycles. The molecule has 324 valence electrons. The van der Waals surface area contributed by atoms with Crippen LogP contribution in [0.5, 0.6) is 0 Å². The molecule has 2 unspecified atom stereocenters. The number of anilines is 1. The fourth-order valence-corrected chi connectivity index (χ4v) is 7.96. The third-order valence-electron chi connectivity index (χ3n) is 11.0. The summed E-state index contributed by atoms with van der Waals surface area (Å²) in [6.45, 7) is 0. The zero-order valence-electron chi connectivity index (χ0n) is 34.1. The van der Waals surface area contributed by atoms with Crippen molar-refractivity contribution in [1.29, 1.82) is 0 Å². The molecule has 8 rings (SSSR count). The molecule has 2 fully saturated rings. The summed E-state index contributed by atoms with van der Waals surface area (Å²) in [4.78, 5) is 71.4. The highest BCUT2D eigenvalue weighted by molar-refractivity contribution is 5.90. The maximum absolute atomic E-state index is 13.0. The Labute approximate surface area is 353 Å². The van der Waals surface area contributed by atoms with Crippen LogP contribution in [0.1, 0.15) is 104 Å². The summed E-state index contributed by atoms with van der Waals surface area (Å²) in [7, 11) is 0. The van der Waals surface area contributed by atoms with E-state index in [-0.39, 0.29) is 31.5 Å². The first-order valence-corrected chi connectivity index (χ1v) is 21.0. The van der Waals surface area contributed by atoms with Crippen molar-refractivity contribution in [2.75, 3.05) is 5.32 Å². The van der Waals surface area contributed by atoms with E-state index in [4.69, 9.17) is 24.4 Å². The number of hydrogen-bond donors (Lipinski definition) is 4. The number of rotatable bonds is 13. The van der Waals surface area contributed by atoms with Crippen molar-refractivity contribution >= 4 is 29.7 Å². The summed E-state index contributed by atoms with van der Waals surface area (Å²) >= 11 is 0. The van der Waals surface area contributed by atoms with Gasteiger partial charge in [0.1, 0.15) is 12.2 Å². The van der Waals surface area contributed by atoms with Crippen LogP contribution in [0.4, 0.5) is 10.5 Å². The monoisotopic (exact) mass is 839 g/mol. The van der Waals surface area contributed by atoms with E-state index >= 15 is 0 Å². The second-order valence-corrected chi connectivity index (χ2v) is 15.5. The predicted molar refractivity (Wildman–Crippen MR) is 218 cm³/mol. The van der Waals surface area contributed by atoms with Crippen LogP contribution in [-0.2, 0) is 73.5 Å². The molecule has 17 heteroatoms. The van der Waals surface area contributed by atoms with E-state index in [1.54, 1.807) is 24.8 Å². The second kappa shape index (κ2) is 22.6. The normalized spacial score (nSPS) is 17.0. The van der Waals surface area contributed by atoms with Crippen molar-refractivity contribution in [1.82, 2.24) is 29.9 Å². The molecular weight excluding hydrogens is 787 g/mol. The standard InChI is InChI=1S/C25H29N3O4.C12H16N2O3.C7H8N2O3/c29-24(31-19-7-1-2-8-19)22(14-18-15-26-11-12-27-18)32-25(30)28-23-20-9-3-5-16(20)13-17-6-4-10-21(17)23;15-11(7-9-8-13-5-6-14-9)12(16)17-10-3-1-2-4-10;10-6(7(11)12)3-5-4-8-1-2-9-5/h11-13,15,19,22H,1-10,14H2,(H,28,30);5-6,8,10-11,15H,1-4,7H2;1-2,4,6,10H,3H2,(H,11,12)/t22-;;/m1../s1. The number of fused-ring (bicyclic) bond motifs is 2. The first kappa shape index (κ1) is 44.6. The number of aliphatic hydroxyl groups is 2. The van der Waals surface area contributed by atoms with Gasteiger partial charge in [-0.1, -0.05) is 6.07 Å². The van der Waals surface area contributed by atoms with E-state index in [1.165, 1.54) is 53.2 Å². The molecule has 61 heavy (non-hydrogen) atoms. The molecule has 3 atom stereocenters. The van der Waals surface area contributed by atoms with Crippen LogP contribution in [0.3, 0.4) is 0 Å². The Hall–Kier alpha value is -5.94. The number of nitrogens with one attached hydrogen (secondary N) is 1. The Morgan fingerprint density at radius 2 is 1.07 bits per heavy atom. The second-order valence-electron chi connectivity index (χ2n) is 15.5. The first-order valence-electron chi connectivity index (χ1n) is 21.0. The number of aromatic nitrogens is 6. The fraction of sp³-hybridized carbons (Fsp3) is 0.500. The largest absolute Gasteiger partial charge is 0.479 e. The Kier molecular flexibility index (Phi) is 16.5. The Balaban J connectivity index is 0.000000179. The molecule has 4 aliphatic carbocycles. The Morgan fingerprint density at radius 3 is 1.52 bits per heavy atom. The van der Waals surface area contributed by atoms with Gasteiger partial charge in [-0.25, -0.2) is 19.2 Å². The van der Waals surface area contributed by atoms with Crippen molar-refractivity contribution in [3.8, 4) is 0 Å². The van der Waals surface area contributed by atoms with Crippen LogP contribution in [0.2, 0.25) is 0 Å². The number of carbonyl (C=O) groups excluding carboxylic acids is 3. The van der Waals surface area contributed by atoms with Crippen LogP contribution < -0.4 is 5.32 Å². The summed E-state index contributed by atoms with van der Waals surface area (Å²) in [6.07, 6.45) is 23.7. The Bertz CT molecular complexity index is 2020. The number of hydrogen-bond acceptors (Lipinski definition) is 15. The molecule has 3 aromatic heterocycles. The van der Waals surface area contributed by atoms with Crippen molar-refractivity contribution in [2.45, 2.75) is 140 Å². The van der Waals surface area contributed by atoms with E-state index in [0.717, 1.165) is 95.6 Å². The van der Waals surface area contributed by atoms with Gasteiger partial charge in [0, 0.05) is 75.0 Å². The highest BCUT2D eigenvalue weighted by Gasteiger charge is 2.31. The van der Waals surface area contributed by atoms with E-state index < -0.39 is 42.3 Å². The SMILES string of the molecule is O=C(Nc1c2c(cc3c1CCC3)CCC2)O[C@H](Cc1cnccn1)C(=O)OC1CCCC1.O=C(O)C(O)Cc1cnccn1.O=C(OC1CCCC1)C(O)Cc1cnccn1. The minimum absolute atomic E-state index is 0.0107. The van der Waals surface area contributed by atoms with Gasteiger partial charge in [-0.3, -0.25) is 35.2 Å². The van der Waals surface area contributed by atoms with E-state index in [1.807, 2.05) is 0 Å². The molecule has 4 N–H and O–H groups in total. The molecule has 2 saturated carbocycles. The molecule has 3 heterocycles. The van der Waals surface area contributed by atoms with Crippen LogP contribution in [-0.4, -0.2) is 99.7 Å². The molecule has 1 aromatic carbocycles. The van der Waals surface area contributed by atoms with Crippen molar-refractivity contribution < 1.29 is 48.7 Å². The lowest BCUT2D eigenvalue weighted by molar-refractivity contribution is -0.159. The van der Waals surface area contributed by atoms with Crippen LogP contribution >= 0.6 is 0 Å². The highest BCUT2D eigenvalue weighted by atomic mass is 16.6. The minimum atomic E-state index is -1.40. The highest BCUT2D eigenvalue weighted by Crippen LogP contribution is 2.38. The number of carboxylic acids is 1. The van der Waals surface area contributed by atoms with Gasteiger partial charge in [0.2, 0.25) is 6.10 Å². The molecule has 0 bridgehead atoms. The van der Waals surface area contributed by atoms with Gasteiger partial charge in [-0.05, 0) is 112 Å². The molecular formula is C44H53N7O10. The smallest absolute Gasteiger partial charge is 0.412 e. The van der Waals surface area contributed by atoms with Gasteiger partial charge in [0.15, 0.2) is 12.2 Å². The Morgan fingerprint density at radius 1 is 0.607 bits per heavy atom. The fourth-order valence-electron chi connectivity index (χ4n) is 7.96. The number of ether oxygens (including phenoxy) is 3. The summed E-state index contributed by atoms with van der Waals surface area (Å²) in [5, 5.41) is 29.9. The number of benzene rings is 1. The van der Waals surface area contributed by atoms with Gasteiger partial charge < -0.3 is 29.5 Å². The lowest BCUT2D eigenvalue weighted by atomic mass is 9.99. The molecule has 0 saturated heterocycles. The van der Waals surface area contributed by atoms with Gasteiger partial charge in [0.25, 0.3) is 0 Å². The average Bonchev–Trinajstić information content (AvgIpc) is 4.12. The van der Waals surface area contributed by atoms with E-state index in [2.05, 4.69) is 41.3 Å². The van der Waals surface area contributed by atoms with Crippen LogP contribution in [0.25, 0.3) is 0 Å². The van der Waals surface area contributed by atoms with Crippen molar-refractivity contribution in [2.24, 2.45) is 0 Å². The lowest BCUT2D eigenvalue weighted by Gasteiger charge is -2.21. The van der Waals surface area contributed by atoms with Crippen LogP contribution in [0.15, 0.2) is 61.8 Å². The van der Waals surface area contributed by atoms with Crippen LogP contribution in [0, 0.1) is 0 Å². The number of carboxylic acid groups (broad SMARTS) is 1. The summed E-state index contributed by atoms with van der Waals surface area (Å²) in [5.41, 5.74) is 7.64. The quantitative estimate of drug-likeness (QED) is 0.107. The van der Waals surface area contributed by atoms with Gasteiger partial charge in [-0.2, -0.15) is 0 Å². The number of aliphatic carboxylic acids is 1. The molecule has 4 aromatic rings.